The second kappa shape index (κ2) is 9.97. The van der Waals surface area contributed by atoms with Crippen molar-refractivity contribution in [3.05, 3.63) is 0 Å². The number of hydrogen-bond donors (Lipinski definition) is 0. The Labute approximate surface area is 73.8 Å². The molecule has 0 saturated heterocycles. The maximum absolute atomic E-state index is 9.81. The summed E-state index contributed by atoms with van der Waals surface area (Å²) in [6, 6.07) is 0. The Morgan fingerprint density at radius 3 is 1.17 bits per heavy atom. The van der Waals surface area contributed by atoms with E-state index >= 15 is 0 Å². The van der Waals surface area contributed by atoms with Crippen LogP contribution < -0.4 is 29.6 Å². The minimum atomic E-state index is -4.64. The molecule has 0 unspecified atom stereocenters. The molecule has 0 atom stereocenters. The van der Waals surface area contributed by atoms with Crippen molar-refractivity contribution in [3.63, 3.8) is 0 Å². The topological polar surface area (TPSA) is 0 Å². The van der Waals surface area contributed by atoms with Gasteiger partial charge in [0.25, 0.3) is 0 Å². The van der Waals surface area contributed by atoms with Crippen molar-refractivity contribution in [2.24, 2.45) is 0 Å². The summed E-state index contributed by atoms with van der Waals surface area (Å²) in [4.78, 5) is 0. The Morgan fingerprint density at radius 1 is 1.17 bits per heavy atom. The molecule has 0 fully saturated rings. The first-order valence-corrected chi connectivity index (χ1v) is 1.96. The van der Waals surface area contributed by atoms with E-state index in [1.54, 1.807) is 0 Å². The van der Waals surface area contributed by atoms with Crippen LogP contribution in [0.4, 0.5) is 10.6 Å². The van der Waals surface area contributed by atoms with E-state index in [9.17, 15) is 10.6 Å². The van der Waals surface area contributed by atoms with Crippen LogP contribution in [0.15, 0.2) is 0 Å². The van der Waals surface area contributed by atoms with E-state index in [0.717, 1.165) is 0 Å². The monoisotopic (exact) mass is 138 g/mol. The molecule has 32 valence electrons. The molecule has 0 rings (SSSR count). The fourth-order valence-corrected chi connectivity index (χ4v) is 0. The fourth-order valence-electron chi connectivity index (χ4n) is 0. The summed E-state index contributed by atoms with van der Waals surface area (Å²) in [5.41, 5.74) is 0. The van der Waals surface area contributed by atoms with Crippen LogP contribution in [-0.2, 0) is 0 Å². The fraction of sp³-hybridized carbons (Fsp3) is 0. The molecule has 6 heavy (non-hydrogen) atoms. The molecule has 0 aliphatic rings. The van der Waals surface area contributed by atoms with E-state index in [4.69, 9.17) is 0 Å². The predicted molar refractivity (Wildman–Crippen MR) is 20.1 cm³/mol. The van der Waals surface area contributed by atoms with Crippen LogP contribution >= 0.6 is 0 Å². The Balaban J connectivity index is -0.0000000150. The summed E-state index contributed by atoms with van der Waals surface area (Å²) in [6.45, 7) is 0. The van der Waals surface area contributed by atoms with Crippen molar-refractivity contribution >= 4 is 32.9 Å². The van der Waals surface area contributed by atoms with Crippen LogP contribution in [0.5, 0.6) is 0 Å². The smallest absolute Gasteiger partial charge is 1.00 e. The van der Waals surface area contributed by atoms with Crippen molar-refractivity contribution in [1.82, 2.24) is 0 Å². The molecule has 0 aromatic carbocycles. The van der Waals surface area contributed by atoms with Gasteiger partial charge in [-0.2, -0.15) is 0 Å². The van der Waals surface area contributed by atoms with Gasteiger partial charge in [0, 0.05) is 0 Å². The maximum Gasteiger partial charge on any atom is 1.04 e. The van der Waals surface area contributed by atoms with Crippen LogP contribution in [-0.4, -0.2) is 32.9 Å². The van der Waals surface area contributed by atoms with Gasteiger partial charge < -0.3 is 12.0 Å². The first-order chi connectivity index (χ1) is 1.73. The van der Waals surface area contributed by atoms with Gasteiger partial charge in [-0.15, -0.1) is 0 Å². The van der Waals surface area contributed by atoms with Gasteiger partial charge in [-0.05, 0) is 0 Å². The van der Waals surface area contributed by atoms with Crippen molar-refractivity contribution in [3.8, 4) is 0 Å². The third-order valence-corrected chi connectivity index (χ3v) is 0. The molecule has 0 heterocycles. The maximum atomic E-state index is 9.81. The Bertz CT molecular complexity index is 17.7. The molecular weight excluding hydrogens is 134 g/mol. The van der Waals surface area contributed by atoms with Crippen LogP contribution in [0.25, 0.3) is 0 Å². The summed E-state index contributed by atoms with van der Waals surface area (Å²) in [5.74, 6) is 0. The molecule has 0 saturated carbocycles. The third-order valence-electron chi connectivity index (χ3n) is 0. The Morgan fingerprint density at radius 2 is 1.17 bits per heavy atom. The third kappa shape index (κ3) is 40.1. The van der Waals surface area contributed by atoms with Gasteiger partial charge in [-0.3, -0.25) is 0 Å². The van der Waals surface area contributed by atoms with Crippen LogP contribution in [0.3, 0.4) is 0 Å². The predicted octanol–water partition coefficient (Wildman–Crippen LogP) is -3.19. The summed E-state index contributed by atoms with van der Waals surface area (Å²) in [5, 5.41) is 0. The molecule has 0 amide bonds. The van der Waals surface area contributed by atoms with Crippen LogP contribution in [0, 0.1) is 0 Å². The van der Waals surface area contributed by atoms with Crippen molar-refractivity contribution in [2.45, 2.75) is 0 Å². The second-order valence-corrected chi connectivity index (χ2v) is 0.742. The summed E-state index contributed by atoms with van der Waals surface area (Å²) < 4.78 is 29.4. The van der Waals surface area contributed by atoms with Gasteiger partial charge in [0.2, 0.25) is 0 Å². The quantitative estimate of drug-likeness (QED) is 0.309. The molecule has 0 nitrogen and oxygen atoms in total. The van der Waals surface area contributed by atoms with Crippen LogP contribution in [0.1, 0.15) is 1.43 Å². The van der Waals surface area contributed by atoms with Crippen molar-refractivity contribution in [1.29, 1.82) is 0 Å². The number of rotatable bonds is 0. The molecule has 0 aromatic rings. The second-order valence-electron chi connectivity index (χ2n) is 0.247. The van der Waals surface area contributed by atoms with Gasteiger partial charge in [0.15, 0.2) is 17.4 Å². The SMILES string of the molecule is [AlH3].[F][Al]([F])[F].[H-].[Na+]. The first-order valence-electron chi connectivity index (χ1n) is 0.655. The van der Waals surface area contributed by atoms with Gasteiger partial charge in [-0.25, -0.2) is 0 Å². The molecule has 0 aromatic heterocycles. The van der Waals surface area contributed by atoms with Gasteiger partial charge in [-0.1, -0.05) is 0 Å². The summed E-state index contributed by atoms with van der Waals surface area (Å²) in [6.07, 6.45) is 0. The number of halogens is 3. The van der Waals surface area contributed by atoms with E-state index in [2.05, 4.69) is 0 Å². The molecule has 0 radical (unpaired) electrons. The van der Waals surface area contributed by atoms with Gasteiger partial charge in [0.05, 0.1) is 0 Å². The molecule has 0 aliphatic carbocycles. The zero-order valence-electron chi connectivity index (χ0n) is 3.71. The normalized spacial score (nSPS) is 4.50. The van der Waals surface area contributed by atoms with E-state index < -0.39 is 15.5 Å². The molecule has 6 heteroatoms. The molecule has 0 N–H and O–H groups in total. The first kappa shape index (κ1) is 15.7. The Kier molecular flexibility index (Phi) is 26.0. The molecule has 0 bridgehead atoms. The van der Waals surface area contributed by atoms with Gasteiger partial charge in [0.1, 0.15) is 0 Å². The zero-order chi connectivity index (χ0) is 3.58. The molecule has 0 aliphatic heterocycles. The number of hydrogen-bond acceptors (Lipinski definition) is 0. The van der Waals surface area contributed by atoms with E-state index in [1.165, 1.54) is 0 Å². The molecular formula is H4Al2F3Na. The van der Waals surface area contributed by atoms with Gasteiger partial charge >= 0.3 is 45.1 Å². The average Bonchev–Trinajstić information content (AvgIpc) is 0.811. The zero-order valence-corrected chi connectivity index (χ0v) is 5.87. The minimum absolute atomic E-state index is 0. The van der Waals surface area contributed by atoms with Crippen molar-refractivity contribution in [2.75, 3.05) is 0 Å². The Hall–Kier alpha value is 1.85. The standard InChI is InChI=1S/2Al.3FH.Na.4H/h;;3*1H;;;;;/q;+3;;;;+1;;;;-1/p-3. The summed E-state index contributed by atoms with van der Waals surface area (Å²) >= 11 is -4.64. The van der Waals surface area contributed by atoms with E-state index in [-0.39, 0.29) is 48.3 Å². The average molecular weight is 138 g/mol. The van der Waals surface area contributed by atoms with E-state index in [1.807, 2.05) is 0 Å². The molecule has 0 spiro atoms. The minimum Gasteiger partial charge on any atom is -1.00 e. The summed E-state index contributed by atoms with van der Waals surface area (Å²) in [7, 11) is 0. The van der Waals surface area contributed by atoms with Crippen LogP contribution in [0.2, 0.25) is 0 Å². The van der Waals surface area contributed by atoms with Crippen molar-refractivity contribution < 1.29 is 41.6 Å². The van der Waals surface area contributed by atoms with E-state index in [0.29, 0.717) is 0 Å². The largest absolute Gasteiger partial charge is 1.04 e.